The number of amides is 1. The van der Waals surface area contributed by atoms with Crippen molar-refractivity contribution in [3.05, 3.63) is 40.1 Å². The topological polar surface area (TPSA) is 55.1 Å². The maximum Gasteiger partial charge on any atom is 0.416 e. The Morgan fingerprint density at radius 3 is 2.42 bits per heavy atom. The highest BCUT2D eigenvalue weighted by Gasteiger charge is 2.30. The van der Waals surface area contributed by atoms with Crippen molar-refractivity contribution in [1.82, 2.24) is 10.5 Å². The second kappa shape index (κ2) is 6.58. The molecule has 128 valence electrons. The number of nitrogens with zero attached hydrogens (tertiary/aromatic N) is 1. The lowest BCUT2D eigenvalue weighted by Crippen LogP contribution is -2.32. The molecular formula is C16H14BrF3N2O2. The average Bonchev–Trinajstić information content (AvgIpc) is 3.16. The first-order chi connectivity index (χ1) is 11.4. The summed E-state index contributed by atoms with van der Waals surface area (Å²) >= 11 is 3.26. The van der Waals surface area contributed by atoms with Gasteiger partial charge in [-0.05, 0) is 40.9 Å². The molecule has 1 N–H and O–H groups in total. The molecule has 2 aromatic rings. The number of hydrogen-bond donors (Lipinski definition) is 1. The lowest BCUT2D eigenvalue weighted by molar-refractivity contribution is -0.137. The van der Waals surface area contributed by atoms with Crippen LogP contribution in [0.2, 0.25) is 0 Å². The molecule has 8 heteroatoms. The lowest BCUT2D eigenvalue weighted by atomic mass is 10.1. The van der Waals surface area contributed by atoms with Gasteiger partial charge in [-0.25, -0.2) is 0 Å². The van der Waals surface area contributed by atoms with E-state index in [2.05, 4.69) is 26.4 Å². The molecule has 4 nitrogen and oxygen atoms in total. The Hall–Kier alpha value is -1.83. The molecule has 1 fully saturated rings. The van der Waals surface area contributed by atoms with E-state index in [0.29, 0.717) is 15.7 Å². The van der Waals surface area contributed by atoms with Crippen molar-refractivity contribution in [3.8, 4) is 11.3 Å². The summed E-state index contributed by atoms with van der Waals surface area (Å²) < 4.78 is 43.2. The van der Waals surface area contributed by atoms with Gasteiger partial charge in [-0.2, -0.15) is 13.2 Å². The van der Waals surface area contributed by atoms with Gasteiger partial charge >= 0.3 is 6.18 Å². The average molecular weight is 403 g/mol. The molecule has 0 saturated heterocycles. The number of alkyl halides is 3. The molecule has 1 aliphatic carbocycles. The number of rotatable bonds is 3. The highest BCUT2D eigenvalue weighted by atomic mass is 79.9. The minimum absolute atomic E-state index is 0.0248. The number of carbonyl (C=O) groups excluding carboxylic acids is 1. The number of halogens is 4. The van der Waals surface area contributed by atoms with E-state index < -0.39 is 11.7 Å². The first-order valence-electron chi connectivity index (χ1n) is 7.50. The van der Waals surface area contributed by atoms with E-state index in [1.165, 1.54) is 12.1 Å². The van der Waals surface area contributed by atoms with Crippen LogP contribution in [0, 0.1) is 0 Å². The molecule has 1 amide bonds. The van der Waals surface area contributed by atoms with E-state index in [1.807, 2.05) is 0 Å². The Morgan fingerprint density at radius 1 is 1.21 bits per heavy atom. The van der Waals surface area contributed by atoms with Crippen LogP contribution < -0.4 is 5.32 Å². The van der Waals surface area contributed by atoms with Crippen LogP contribution in [-0.2, 0) is 6.18 Å². The monoisotopic (exact) mass is 402 g/mol. The summed E-state index contributed by atoms with van der Waals surface area (Å²) in [7, 11) is 0. The van der Waals surface area contributed by atoms with E-state index in [9.17, 15) is 18.0 Å². The van der Waals surface area contributed by atoms with Gasteiger partial charge in [-0.1, -0.05) is 30.1 Å². The van der Waals surface area contributed by atoms with Gasteiger partial charge in [0.1, 0.15) is 5.69 Å². The summed E-state index contributed by atoms with van der Waals surface area (Å²) in [5.41, 5.74) is -0.0242. The Balaban J connectivity index is 1.80. The van der Waals surface area contributed by atoms with E-state index >= 15 is 0 Å². The summed E-state index contributed by atoms with van der Waals surface area (Å²) in [5, 5.41) is 6.69. The second-order valence-electron chi connectivity index (χ2n) is 5.70. The molecule has 0 radical (unpaired) electrons. The van der Waals surface area contributed by atoms with Crippen molar-refractivity contribution < 1.29 is 22.5 Å². The Bertz CT molecular complexity index is 735. The van der Waals surface area contributed by atoms with Crippen LogP contribution >= 0.6 is 15.9 Å². The molecule has 0 atom stereocenters. The smallest absolute Gasteiger partial charge is 0.349 e. The molecule has 3 rings (SSSR count). The molecular weight excluding hydrogens is 389 g/mol. The predicted molar refractivity (Wildman–Crippen MR) is 84.4 cm³/mol. The highest BCUT2D eigenvalue weighted by Crippen LogP contribution is 2.34. The van der Waals surface area contributed by atoms with Crippen LogP contribution in [-0.4, -0.2) is 17.1 Å². The molecule has 0 spiro atoms. The van der Waals surface area contributed by atoms with Crippen LogP contribution in [0.5, 0.6) is 0 Å². The summed E-state index contributed by atoms with van der Waals surface area (Å²) in [6.07, 6.45) is -0.364. The number of carbonyl (C=O) groups is 1. The fourth-order valence-corrected chi connectivity index (χ4v) is 3.29. The number of hydrogen-bond acceptors (Lipinski definition) is 3. The van der Waals surface area contributed by atoms with E-state index in [4.69, 9.17) is 4.52 Å². The summed E-state index contributed by atoms with van der Waals surface area (Å²) in [6, 6.07) is 4.65. The first-order valence-corrected chi connectivity index (χ1v) is 8.29. The zero-order valence-electron chi connectivity index (χ0n) is 12.5. The summed E-state index contributed by atoms with van der Waals surface area (Å²) in [6.45, 7) is 0. The van der Waals surface area contributed by atoms with E-state index in [1.54, 1.807) is 0 Å². The minimum Gasteiger partial charge on any atom is -0.349 e. The zero-order chi connectivity index (χ0) is 17.3. The zero-order valence-corrected chi connectivity index (χ0v) is 14.1. The summed E-state index contributed by atoms with van der Waals surface area (Å²) in [4.78, 5) is 12.2. The number of aromatic nitrogens is 1. The fraction of sp³-hybridized carbons (Fsp3) is 0.375. The standard InChI is InChI=1S/C16H14BrF3N2O2/c17-12-13(9-5-7-10(8-6-9)16(18,19)20)22-24-14(12)15(23)21-11-3-1-2-4-11/h5-8,11H,1-4H2,(H,21,23). The van der Waals surface area contributed by atoms with Crippen molar-refractivity contribution in [3.63, 3.8) is 0 Å². The Kier molecular flexibility index (Phi) is 4.67. The molecule has 0 aliphatic heterocycles. The van der Waals surface area contributed by atoms with Crippen molar-refractivity contribution in [2.45, 2.75) is 37.9 Å². The minimum atomic E-state index is -4.40. The Morgan fingerprint density at radius 2 is 1.83 bits per heavy atom. The number of nitrogens with one attached hydrogen (secondary N) is 1. The van der Waals surface area contributed by atoms with Gasteiger partial charge in [-0.3, -0.25) is 4.79 Å². The van der Waals surface area contributed by atoms with Crippen molar-refractivity contribution in [1.29, 1.82) is 0 Å². The molecule has 24 heavy (non-hydrogen) atoms. The van der Waals surface area contributed by atoms with Crippen LogP contribution in [0.4, 0.5) is 13.2 Å². The molecule has 0 unspecified atom stereocenters. The molecule has 0 bridgehead atoms. The van der Waals surface area contributed by atoms with Gasteiger partial charge in [-0.15, -0.1) is 0 Å². The fourth-order valence-electron chi connectivity index (χ4n) is 2.74. The van der Waals surface area contributed by atoms with Crippen LogP contribution in [0.25, 0.3) is 11.3 Å². The molecule has 1 aromatic carbocycles. The molecule has 1 aromatic heterocycles. The third-order valence-electron chi connectivity index (χ3n) is 4.02. The lowest BCUT2D eigenvalue weighted by Gasteiger charge is -2.09. The normalized spacial score (nSPS) is 15.7. The van der Waals surface area contributed by atoms with Gasteiger partial charge in [0.25, 0.3) is 5.91 Å². The van der Waals surface area contributed by atoms with Gasteiger partial charge in [0, 0.05) is 11.6 Å². The SMILES string of the molecule is O=C(NC1CCCC1)c1onc(-c2ccc(C(F)(F)F)cc2)c1Br. The maximum atomic E-state index is 12.6. The largest absolute Gasteiger partial charge is 0.416 e. The van der Waals surface area contributed by atoms with E-state index in [0.717, 1.165) is 37.8 Å². The van der Waals surface area contributed by atoms with Gasteiger partial charge in [0.05, 0.1) is 10.0 Å². The van der Waals surface area contributed by atoms with E-state index in [-0.39, 0.29) is 17.7 Å². The van der Waals surface area contributed by atoms with Crippen LogP contribution in [0.1, 0.15) is 41.8 Å². The highest BCUT2D eigenvalue weighted by molar-refractivity contribution is 9.10. The third-order valence-corrected chi connectivity index (χ3v) is 4.75. The Labute approximate surface area is 144 Å². The quantitative estimate of drug-likeness (QED) is 0.802. The first kappa shape index (κ1) is 17.0. The third kappa shape index (κ3) is 3.48. The van der Waals surface area contributed by atoms with Crippen molar-refractivity contribution in [2.75, 3.05) is 0 Å². The molecule has 1 saturated carbocycles. The predicted octanol–water partition coefficient (Wildman–Crippen LogP) is 4.80. The summed E-state index contributed by atoms with van der Waals surface area (Å²) in [5.74, 6) is -0.351. The molecule has 1 heterocycles. The van der Waals surface area contributed by atoms with Crippen LogP contribution in [0.15, 0.2) is 33.3 Å². The van der Waals surface area contributed by atoms with Crippen LogP contribution in [0.3, 0.4) is 0 Å². The molecule has 1 aliphatic rings. The van der Waals surface area contributed by atoms with Crippen molar-refractivity contribution >= 4 is 21.8 Å². The van der Waals surface area contributed by atoms with Gasteiger partial charge in [0.15, 0.2) is 0 Å². The maximum absolute atomic E-state index is 12.6. The van der Waals surface area contributed by atoms with Gasteiger partial charge < -0.3 is 9.84 Å². The van der Waals surface area contributed by atoms with Crippen molar-refractivity contribution in [2.24, 2.45) is 0 Å². The van der Waals surface area contributed by atoms with Gasteiger partial charge in [0.2, 0.25) is 5.76 Å². The second-order valence-corrected chi connectivity index (χ2v) is 6.50. The number of benzene rings is 1.